The minimum absolute atomic E-state index is 0.0814. The van der Waals surface area contributed by atoms with Crippen molar-refractivity contribution in [3.8, 4) is 11.6 Å². The Hall–Kier alpha value is -1.73. The van der Waals surface area contributed by atoms with Crippen LogP contribution in [0, 0.1) is 15.9 Å². The number of halogens is 3. The number of hydrogen-bond donors (Lipinski definition) is 0. The SMILES string of the molecule is O=[N+]([O-])c1cc(Cl)cnc1Oc1cc(F)ccc1Br. The first kappa shape index (κ1) is 13.7. The third-order valence-electron chi connectivity index (χ3n) is 2.10. The summed E-state index contributed by atoms with van der Waals surface area (Å²) in [7, 11) is 0. The van der Waals surface area contributed by atoms with Crippen LogP contribution in [0.1, 0.15) is 0 Å². The van der Waals surface area contributed by atoms with Crippen LogP contribution < -0.4 is 4.74 Å². The Morgan fingerprint density at radius 3 is 2.84 bits per heavy atom. The van der Waals surface area contributed by atoms with Crippen molar-refractivity contribution in [1.82, 2.24) is 4.98 Å². The summed E-state index contributed by atoms with van der Waals surface area (Å²) < 4.78 is 18.8. The fourth-order valence-electron chi connectivity index (χ4n) is 1.29. The lowest BCUT2D eigenvalue weighted by Gasteiger charge is -2.07. The molecule has 0 N–H and O–H groups in total. The highest BCUT2D eigenvalue weighted by atomic mass is 79.9. The van der Waals surface area contributed by atoms with Gasteiger partial charge in [-0.05, 0) is 28.1 Å². The first-order valence-electron chi connectivity index (χ1n) is 4.90. The van der Waals surface area contributed by atoms with Crippen LogP contribution in [0.3, 0.4) is 0 Å². The van der Waals surface area contributed by atoms with Gasteiger partial charge in [-0.3, -0.25) is 10.1 Å². The Morgan fingerprint density at radius 2 is 2.16 bits per heavy atom. The molecule has 0 spiro atoms. The van der Waals surface area contributed by atoms with Crippen molar-refractivity contribution in [2.24, 2.45) is 0 Å². The second kappa shape index (κ2) is 5.50. The monoisotopic (exact) mass is 346 g/mol. The van der Waals surface area contributed by atoms with Gasteiger partial charge < -0.3 is 4.74 Å². The van der Waals surface area contributed by atoms with Gasteiger partial charge in [-0.25, -0.2) is 9.37 Å². The topological polar surface area (TPSA) is 65.3 Å². The first-order chi connectivity index (χ1) is 8.97. The van der Waals surface area contributed by atoms with E-state index in [9.17, 15) is 14.5 Å². The molecule has 1 heterocycles. The molecule has 0 aliphatic carbocycles. The maximum absolute atomic E-state index is 13.1. The Labute approximate surface area is 120 Å². The summed E-state index contributed by atoms with van der Waals surface area (Å²) in [6, 6.07) is 4.84. The van der Waals surface area contributed by atoms with Crippen molar-refractivity contribution in [2.75, 3.05) is 0 Å². The van der Waals surface area contributed by atoms with Crippen LogP contribution in [0.2, 0.25) is 5.02 Å². The molecule has 5 nitrogen and oxygen atoms in total. The second-order valence-corrected chi connectivity index (χ2v) is 4.70. The molecule has 0 fully saturated rings. The van der Waals surface area contributed by atoms with Gasteiger partial charge in [-0.15, -0.1) is 0 Å². The average molecular weight is 348 g/mol. The predicted molar refractivity (Wildman–Crippen MR) is 70.1 cm³/mol. The summed E-state index contributed by atoms with van der Waals surface area (Å²) in [5, 5.41) is 11.0. The van der Waals surface area contributed by atoms with Crippen LogP contribution in [0.4, 0.5) is 10.1 Å². The number of nitro groups is 1. The van der Waals surface area contributed by atoms with Crippen molar-refractivity contribution in [3.05, 3.63) is 55.9 Å². The zero-order valence-corrected chi connectivity index (χ0v) is 11.5. The molecule has 98 valence electrons. The zero-order chi connectivity index (χ0) is 14.0. The molecule has 1 aromatic carbocycles. The van der Waals surface area contributed by atoms with Gasteiger partial charge in [0.15, 0.2) is 0 Å². The Bertz CT molecular complexity index is 654. The van der Waals surface area contributed by atoms with E-state index in [-0.39, 0.29) is 16.7 Å². The molecule has 1 aromatic heterocycles. The molecule has 0 radical (unpaired) electrons. The minimum atomic E-state index is -0.679. The largest absolute Gasteiger partial charge is 0.432 e. The van der Waals surface area contributed by atoms with Crippen LogP contribution >= 0.6 is 27.5 Å². The lowest BCUT2D eigenvalue weighted by Crippen LogP contribution is -1.96. The van der Waals surface area contributed by atoms with E-state index in [1.807, 2.05) is 0 Å². The Kier molecular flexibility index (Phi) is 3.96. The van der Waals surface area contributed by atoms with E-state index in [1.54, 1.807) is 0 Å². The second-order valence-electron chi connectivity index (χ2n) is 3.41. The highest BCUT2D eigenvalue weighted by Gasteiger charge is 2.19. The van der Waals surface area contributed by atoms with E-state index in [1.165, 1.54) is 18.3 Å². The highest BCUT2D eigenvalue weighted by Crippen LogP contribution is 2.34. The third kappa shape index (κ3) is 3.18. The van der Waals surface area contributed by atoms with Gasteiger partial charge in [0.2, 0.25) is 0 Å². The first-order valence-corrected chi connectivity index (χ1v) is 6.07. The molecule has 0 aliphatic rings. The number of benzene rings is 1. The number of rotatable bonds is 3. The molecule has 2 rings (SSSR count). The number of nitrogens with zero attached hydrogens (tertiary/aromatic N) is 2. The molecule has 0 aliphatic heterocycles. The zero-order valence-electron chi connectivity index (χ0n) is 9.14. The van der Waals surface area contributed by atoms with Crippen molar-refractivity contribution in [1.29, 1.82) is 0 Å². The summed E-state index contributed by atoms with van der Waals surface area (Å²) in [4.78, 5) is 13.9. The van der Waals surface area contributed by atoms with Crippen LogP contribution in [-0.4, -0.2) is 9.91 Å². The summed E-state index contributed by atoms with van der Waals surface area (Å²) in [5.74, 6) is -0.714. The van der Waals surface area contributed by atoms with Crippen LogP contribution in [-0.2, 0) is 0 Å². The van der Waals surface area contributed by atoms with Crippen molar-refractivity contribution >= 4 is 33.2 Å². The molecule has 0 saturated carbocycles. The smallest absolute Gasteiger partial charge is 0.332 e. The maximum Gasteiger partial charge on any atom is 0.332 e. The van der Waals surface area contributed by atoms with Gasteiger partial charge in [0.1, 0.15) is 11.6 Å². The van der Waals surface area contributed by atoms with Gasteiger partial charge in [0.25, 0.3) is 5.88 Å². The maximum atomic E-state index is 13.1. The average Bonchev–Trinajstić information content (AvgIpc) is 2.35. The van der Waals surface area contributed by atoms with Gasteiger partial charge >= 0.3 is 5.69 Å². The Morgan fingerprint density at radius 1 is 1.42 bits per heavy atom. The lowest BCUT2D eigenvalue weighted by atomic mass is 10.3. The number of pyridine rings is 1. The minimum Gasteiger partial charge on any atom is -0.432 e. The third-order valence-corrected chi connectivity index (χ3v) is 2.96. The fraction of sp³-hybridized carbons (Fsp3) is 0. The normalized spacial score (nSPS) is 10.3. The van der Waals surface area contributed by atoms with Crippen LogP contribution in [0.25, 0.3) is 0 Å². The molecular formula is C11H5BrClFN2O3. The van der Waals surface area contributed by atoms with Gasteiger partial charge in [0, 0.05) is 12.1 Å². The van der Waals surface area contributed by atoms with Crippen LogP contribution in [0.5, 0.6) is 11.6 Å². The summed E-state index contributed by atoms with van der Waals surface area (Å²) in [6.07, 6.45) is 1.21. The fourth-order valence-corrected chi connectivity index (χ4v) is 1.76. The van der Waals surface area contributed by atoms with Crippen molar-refractivity contribution < 1.29 is 14.1 Å². The van der Waals surface area contributed by atoms with Crippen molar-refractivity contribution in [2.45, 2.75) is 0 Å². The van der Waals surface area contributed by atoms with E-state index < -0.39 is 16.4 Å². The predicted octanol–water partition coefficient (Wildman–Crippen LogP) is 4.34. The van der Waals surface area contributed by atoms with E-state index in [0.717, 1.165) is 12.1 Å². The quantitative estimate of drug-likeness (QED) is 0.612. The van der Waals surface area contributed by atoms with Crippen molar-refractivity contribution in [3.63, 3.8) is 0 Å². The van der Waals surface area contributed by atoms with Gasteiger partial charge in [-0.1, -0.05) is 11.6 Å². The van der Waals surface area contributed by atoms with Gasteiger partial charge in [0.05, 0.1) is 20.6 Å². The molecular weight excluding hydrogens is 342 g/mol. The van der Waals surface area contributed by atoms with Gasteiger partial charge in [-0.2, -0.15) is 0 Å². The molecule has 8 heteroatoms. The van der Waals surface area contributed by atoms with E-state index in [0.29, 0.717) is 4.47 Å². The molecule has 0 unspecified atom stereocenters. The highest BCUT2D eigenvalue weighted by molar-refractivity contribution is 9.10. The molecule has 19 heavy (non-hydrogen) atoms. The van der Waals surface area contributed by atoms with Crippen LogP contribution in [0.15, 0.2) is 34.9 Å². The molecule has 0 atom stereocenters. The van der Waals surface area contributed by atoms with E-state index >= 15 is 0 Å². The lowest BCUT2D eigenvalue weighted by molar-refractivity contribution is -0.386. The molecule has 0 bridgehead atoms. The summed E-state index contributed by atoms with van der Waals surface area (Å²) in [6.45, 7) is 0. The number of ether oxygens (including phenoxy) is 1. The Balaban J connectivity index is 2.43. The van der Waals surface area contributed by atoms with E-state index in [4.69, 9.17) is 16.3 Å². The summed E-state index contributed by atoms with van der Waals surface area (Å²) >= 11 is 8.78. The molecule has 2 aromatic rings. The number of hydrogen-bond acceptors (Lipinski definition) is 4. The summed E-state index contributed by atoms with van der Waals surface area (Å²) in [5.41, 5.74) is -0.399. The van der Waals surface area contributed by atoms with E-state index in [2.05, 4.69) is 20.9 Å². The standard InChI is InChI=1S/C11H5BrClFN2O3/c12-8-2-1-7(14)4-10(8)19-11-9(16(17)18)3-6(13)5-15-11/h1-5H. The molecule has 0 saturated heterocycles. The number of aromatic nitrogens is 1. The molecule has 0 amide bonds.